The molecule has 0 spiro atoms. The number of aliphatic hydroxyl groups is 1. The summed E-state index contributed by atoms with van der Waals surface area (Å²) < 4.78 is 1.92. The molecular weight excluding hydrogens is 322 g/mol. The topological polar surface area (TPSA) is 41.3 Å². The standard InChI is InChI=1S/C22H25N3O/c1-18-7-9-20(10-8-18)22(26)11-13-24(14-12-22)16-19-15-23-25(17-19)21-5-3-2-4-6-21/h2-10,15,17,26H,11-14,16H2,1H3. The molecule has 0 bridgehead atoms. The van der Waals surface area contributed by atoms with E-state index in [1.165, 1.54) is 11.1 Å². The monoisotopic (exact) mass is 347 g/mol. The number of aromatic nitrogens is 2. The zero-order valence-electron chi connectivity index (χ0n) is 15.2. The molecule has 0 unspecified atom stereocenters. The summed E-state index contributed by atoms with van der Waals surface area (Å²) in [7, 11) is 0. The highest BCUT2D eigenvalue weighted by Crippen LogP contribution is 2.33. The van der Waals surface area contributed by atoms with E-state index in [9.17, 15) is 5.11 Å². The zero-order valence-corrected chi connectivity index (χ0v) is 15.2. The first-order valence-electron chi connectivity index (χ1n) is 9.23. The molecule has 26 heavy (non-hydrogen) atoms. The molecule has 1 saturated heterocycles. The van der Waals surface area contributed by atoms with E-state index >= 15 is 0 Å². The van der Waals surface area contributed by atoms with Crippen LogP contribution in [0.1, 0.15) is 29.5 Å². The fourth-order valence-corrected chi connectivity index (χ4v) is 3.66. The van der Waals surface area contributed by atoms with E-state index in [4.69, 9.17) is 0 Å². The predicted octanol–water partition coefficient (Wildman–Crippen LogP) is 3.66. The molecule has 0 amide bonds. The van der Waals surface area contributed by atoms with Gasteiger partial charge in [0.25, 0.3) is 0 Å². The van der Waals surface area contributed by atoms with Gasteiger partial charge in [-0.25, -0.2) is 4.68 Å². The number of rotatable bonds is 4. The second kappa shape index (κ2) is 7.06. The van der Waals surface area contributed by atoms with Crippen molar-refractivity contribution >= 4 is 0 Å². The van der Waals surface area contributed by atoms with Gasteiger partial charge in [-0.2, -0.15) is 5.10 Å². The van der Waals surface area contributed by atoms with Crippen molar-refractivity contribution in [2.75, 3.05) is 13.1 Å². The third-order valence-electron chi connectivity index (χ3n) is 5.34. The van der Waals surface area contributed by atoms with Gasteiger partial charge in [0, 0.05) is 31.4 Å². The summed E-state index contributed by atoms with van der Waals surface area (Å²) in [4.78, 5) is 2.40. The molecule has 1 fully saturated rings. The summed E-state index contributed by atoms with van der Waals surface area (Å²) in [5.74, 6) is 0. The summed E-state index contributed by atoms with van der Waals surface area (Å²) in [6.07, 6.45) is 5.57. The molecule has 0 radical (unpaired) electrons. The lowest BCUT2D eigenvalue weighted by Crippen LogP contribution is -2.42. The molecule has 1 N–H and O–H groups in total. The lowest BCUT2D eigenvalue weighted by Gasteiger charge is -2.38. The Morgan fingerprint density at radius 3 is 2.38 bits per heavy atom. The van der Waals surface area contributed by atoms with Crippen LogP contribution in [0, 0.1) is 6.92 Å². The summed E-state index contributed by atoms with van der Waals surface area (Å²) in [6.45, 7) is 4.73. The Labute approximate surface area is 154 Å². The third kappa shape index (κ3) is 3.57. The van der Waals surface area contributed by atoms with Gasteiger partial charge >= 0.3 is 0 Å². The number of likely N-dealkylation sites (tertiary alicyclic amines) is 1. The smallest absolute Gasteiger partial charge is 0.0920 e. The highest BCUT2D eigenvalue weighted by Gasteiger charge is 2.33. The van der Waals surface area contributed by atoms with E-state index in [1.54, 1.807) is 0 Å². The van der Waals surface area contributed by atoms with Gasteiger partial charge in [0.15, 0.2) is 0 Å². The second-order valence-corrected chi connectivity index (χ2v) is 7.30. The molecule has 4 heteroatoms. The van der Waals surface area contributed by atoms with Crippen molar-refractivity contribution in [3.63, 3.8) is 0 Å². The van der Waals surface area contributed by atoms with Crippen LogP contribution in [0.2, 0.25) is 0 Å². The van der Waals surface area contributed by atoms with Crippen LogP contribution in [0.15, 0.2) is 67.0 Å². The Morgan fingerprint density at radius 1 is 1.00 bits per heavy atom. The summed E-state index contributed by atoms with van der Waals surface area (Å²) in [5.41, 5.74) is 3.85. The lowest BCUT2D eigenvalue weighted by molar-refractivity contribution is -0.0277. The molecule has 3 aromatic rings. The molecule has 0 aliphatic carbocycles. The highest BCUT2D eigenvalue weighted by molar-refractivity contribution is 5.31. The fourth-order valence-electron chi connectivity index (χ4n) is 3.66. The van der Waals surface area contributed by atoms with Crippen LogP contribution in [0.5, 0.6) is 0 Å². The van der Waals surface area contributed by atoms with Crippen molar-refractivity contribution in [3.05, 3.63) is 83.7 Å². The van der Waals surface area contributed by atoms with Gasteiger partial charge in [-0.3, -0.25) is 4.90 Å². The average molecular weight is 347 g/mol. The van der Waals surface area contributed by atoms with Crippen LogP contribution in [0.25, 0.3) is 5.69 Å². The Hall–Kier alpha value is -2.43. The van der Waals surface area contributed by atoms with E-state index in [-0.39, 0.29) is 0 Å². The minimum Gasteiger partial charge on any atom is -0.385 e. The SMILES string of the molecule is Cc1ccc(C2(O)CCN(Cc3cnn(-c4ccccc4)c3)CC2)cc1. The van der Waals surface area contributed by atoms with Gasteiger partial charge in [-0.05, 0) is 37.5 Å². The summed E-state index contributed by atoms with van der Waals surface area (Å²) >= 11 is 0. The first-order valence-corrected chi connectivity index (χ1v) is 9.23. The maximum Gasteiger partial charge on any atom is 0.0920 e. The molecule has 0 atom stereocenters. The van der Waals surface area contributed by atoms with Gasteiger partial charge < -0.3 is 5.11 Å². The summed E-state index contributed by atoms with van der Waals surface area (Å²) in [5, 5.41) is 15.5. The number of hydrogen-bond acceptors (Lipinski definition) is 3. The van der Waals surface area contributed by atoms with Crippen LogP contribution in [0.3, 0.4) is 0 Å². The Kier molecular flexibility index (Phi) is 4.62. The molecule has 2 aromatic carbocycles. The van der Waals surface area contributed by atoms with Crippen molar-refractivity contribution < 1.29 is 5.11 Å². The van der Waals surface area contributed by atoms with Crippen LogP contribution < -0.4 is 0 Å². The summed E-state index contributed by atoms with van der Waals surface area (Å²) in [6, 6.07) is 18.5. The largest absolute Gasteiger partial charge is 0.385 e. The number of piperidine rings is 1. The van der Waals surface area contributed by atoms with E-state index in [1.807, 2.05) is 29.1 Å². The molecular formula is C22H25N3O. The maximum atomic E-state index is 11.0. The molecule has 4 nitrogen and oxygen atoms in total. The number of para-hydroxylation sites is 1. The maximum absolute atomic E-state index is 11.0. The van der Waals surface area contributed by atoms with Crippen molar-refractivity contribution in [2.45, 2.75) is 31.9 Å². The first-order chi connectivity index (χ1) is 12.6. The van der Waals surface area contributed by atoms with Gasteiger partial charge in [-0.1, -0.05) is 48.0 Å². The Morgan fingerprint density at radius 2 is 1.69 bits per heavy atom. The van der Waals surface area contributed by atoms with Crippen LogP contribution in [-0.2, 0) is 12.1 Å². The van der Waals surface area contributed by atoms with Gasteiger partial charge in [-0.15, -0.1) is 0 Å². The molecule has 2 heterocycles. The normalized spacial score (nSPS) is 17.3. The van der Waals surface area contributed by atoms with Gasteiger partial charge in [0.05, 0.1) is 17.5 Å². The van der Waals surface area contributed by atoms with E-state index in [0.717, 1.165) is 43.7 Å². The first kappa shape index (κ1) is 17.0. The van der Waals surface area contributed by atoms with Crippen molar-refractivity contribution in [1.29, 1.82) is 0 Å². The number of hydrogen-bond donors (Lipinski definition) is 1. The third-order valence-corrected chi connectivity index (χ3v) is 5.34. The number of benzene rings is 2. The molecule has 134 valence electrons. The fraction of sp³-hybridized carbons (Fsp3) is 0.318. The molecule has 0 saturated carbocycles. The van der Waals surface area contributed by atoms with Gasteiger partial charge in [0.2, 0.25) is 0 Å². The molecule has 1 aliphatic heterocycles. The number of aryl methyl sites for hydroxylation is 1. The Bertz CT molecular complexity index is 847. The van der Waals surface area contributed by atoms with Crippen molar-refractivity contribution in [2.24, 2.45) is 0 Å². The van der Waals surface area contributed by atoms with Crippen molar-refractivity contribution in [3.8, 4) is 5.69 Å². The minimum absolute atomic E-state index is 0.696. The zero-order chi connectivity index (χ0) is 18.0. The average Bonchev–Trinajstić information content (AvgIpc) is 3.14. The highest BCUT2D eigenvalue weighted by atomic mass is 16.3. The lowest BCUT2D eigenvalue weighted by atomic mass is 9.84. The molecule has 4 rings (SSSR count). The van der Waals surface area contributed by atoms with Crippen LogP contribution in [-0.4, -0.2) is 32.9 Å². The minimum atomic E-state index is -0.696. The molecule has 1 aromatic heterocycles. The number of nitrogens with zero attached hydrogens (tertiary/aromatic N) is 3. The molecule has 1 aliphatic rings. The van der Waals surface area contributed by atoms with E-state index < -0.39 is 5.60 Å². The van der Waals surface area contributed by atoms with E-state index in [0.29, 0.717) is 0 Å². The van der Waals surface area contributed by atoms with Gasteiger partial charge in [0.1, 0.15) is 0 Å². The van der Waals surface area contributed by atoms with Crippen molar-refractivity contribution in [1.82, 2.24) is 14.7 Å². The van der Waals surface area contributed by atoms with Crippen LogP contribution >= 0.6 is 0 Å². The quantitative estimate of drug-likeness (QED) is 0.783. The van der Waals surface area contributed by atoms with Crippen LogP contribution in [0.4, 0.5) is 0 Å². The van der Waals surface area contributed by atoms with E-state index in [2.05, 4.69) is 59.5 Å². The Balaban J connectivity index is 1.38. The predicted molar refractivity (Wildman–Crippen MR) is 103 cm³/mol. The second-order valence-electron chi connectivity index (χ2n) is 7.30.